The molecule has 17 heavy (non-hydrogen) atoms. The van der Waals surface area contributed by atoms with Crippen LogP contribution in [-0.2, 0) is 14.3 Å². The molecule has 0 fully saturated rings. The molecule has 90 valence electrons. The molecule has 0 atom stereocenters. The third kappa shape index (κ3) is 3.30. The second kappa shape index (κ2) is 5.64. The highest BCUT2D eigenvalue weighted by Gasteiger charge is 2.08. The van der Waals surface area contributed by atoms with Crippen molar-refractivity contribution in [3.63, 3.8) is 0 Å². The predicted molar refractivity (Wildman–Crippen MR) is 56.2 cm³/mol. The monoisotopic (exact) mass is 236 g/mol. The van der Waals surface area contributed by atoms with Crippen LogP contribution in [0.25, 0.3) is 0 Å². The van der Waals surface area contributed by atoms with Crippen LogP contribution in [0, 0.1) is 0 Å². The second-order valence-corrected chi connectivity index (χ2v) is 3.14. The van der Waals surface area contributed by atoms with Gasteiger partial charge in [0.2, 0.25) is 6.41 Å². The number of hydrogen-bond acceptors (Lipinski definition) is 5. The maximum atomic E-state index is 11.1. The summed E-state index contributed by atoms with van der Waals surface area (Å²) in [6, 6.07) is 5.77. The highest BCUT2D eigenvalue weighted by Crippen LogP contribution is 2.14. The lowest BCUT2D eigenvalue weighted by atomic mass is 10.2. The number of benzene rings is 1. The van der Waals surface area contributed by atoms with Crippen molar-refractivity contribution >= 4 is 24.0 Å². The Morgan fingerprint density at radius 2 is 1.94 bits per heavy atom. The summed E-state index contributed by atoms with van der Waals surface area (Å²) < 4.78 is 4.50. The van der Waals surface area contributed by atoms with Crippen molar-refractivity contribution < 1.29 is 24.2 Å². The first-order chi connectivity index (χ1) is 8.08. The first-order valence-electron chi connectivity index (χ1n) is 4.68. The topological polar surface area (TPSA) is 86.7 Å². The number of esters is 1. The molecule has 0 saturated heterocycles. The zero-order chi connectivity index (χ0) is 12.8. The molecule has 0 aliphatic carbocycles. The van der Waals surface area contributed by atoms with Gasteiger partial charge in [-0.2, -0.15) is 0 Å². The largest absolute Gasteiger partial charge is 0.548 e. The maximum absolute atomic E-state index is 11.1. The minimum atomic E-state index is -1.37. The standard InChI is InChI=1S/C11H11NO5/c1-17-11(16)8-2-4-9(5-3-8)12(7-13)6-10(14)15/h2-5,7H,6H2,1H3,(H,14,15)/p-1. The van der Waals surface area contributed by atoms with E-state index in [-0.39, 0.29) is 0 Å². The number of nitrogens with zero attached hydrogens (tertiary/aromatic N) is 1. The molecule has 0 heterocycles. The van der Waals surface area contributed by atoms with Gasteiger partial charge in [-0.25, -0.2) is 4.79 Å². The quantitative estimate of drug-likeness (QED) is 0.492. The van der Waals surface area contributed by atoms with E-state index >= 15 is 0 Å². The molecular formula is C11H10NO5-. The van der Waals surface area contributed by atoms with E-state index in [1.165, 1.54) is 31.4 Å². The third-order valence-electron chi connectivity index (χ3n) is 2.05. The van der Waals surface area contributed by atoms with E-state index in [2.05, 4.69) is 4.74 Å². The summed E-state index contributed by atoms with van der Waals surface area (Å²) in [7, 11) is 1.25. The molecule has 0 radical (unpaired) electrons. The van der Waals surface area contributed by atoms with Crippen LogP contribution < -0.4 is 10.0 Å². The van der Waals surface area contributed by atoms with E-state index in [9.17, 15) is 19.5 Å². The Bertz CT molecular complexity index is 426. The van der Waals surface area contributed by atoms with Gasteiger partial charge in [-0.3, -0.25) is 4.79 Å². The summed E-state index contributed by atoms with van der Waals surface area (Å²) in [6.45, 7) is -0.541. The van der Waals surface area contributed by atoms with Crippen molar-refractivity contribution in [3.05, 3.63) is 29.8 Å². The number of hydrogen-bond donors (Lipinski definition) is 0. The van der Waals surface area contributed by atoms with Crippen LogP contribution >= 0.6 is 0 Å². The Morgan fingerprint density at radius 3 is 2.35 bits per heavy atom. The van der Waals surface area contributed by atoms with Crippen molar-refractivity contribution in [2.45, 2.75) is 0 Å². The number of carbonyl (C=O) groups excluding carboxylic acids is 3. The number of carboxylic acids is 1. The Labute approximate surface area is 97.4 Å². The minimum Gasteiger partial charge on any atom is -0.548 e. The van der Waals surface area contributed by atoms with Crippen molar-refractivity contribution in [2.24, 2.45) is 0 Å². The molecule has 0 bridgehead atoms. The number of rotatable bonds is 5. The van der Waals surface area contributed by atoms with E-state index in [1.54, 1.807) is 0 Å². The molecule has 0 N–H and O–H groups in total. The van der Waals surface area contributed by atoms with Gasteiger partial charge < -0.3 is 19.5 Å². The first-order valence-corrected chi connectivity index (χ1v) is 4.68. The molecule has 1 aromatic rings. The van der Waals surface area contributed by atoms with Crippen molar-refractivity contribution in [3.8, 4) is 0 Å². The number of ether oxygens (including phenoxy) is 1. The van der Waals surface area contributed by atoms with Crippen LogP contribution in [-0.4, -0.2) is 32.0 Å². The average molecular weight is 236 g/mol. The summed E-state index contributed by atoms with van der Waals surface area (Å²) in [5.74, 6) is -1.87. The smallest absolute Gasteiger partial charge is 0.337 e. The van der Waals surface area contributed by atoms with E-state index in [4.69, 9.17) is 0 Å². The zero-order valence-corrected chi connectivity index (χ0v) is 9.08. The van der Waals surface area contributed by atoms with Crippen LogP contribution in [0.4, 0.5) is 5.69 Å². The molecule has 1 rings (SSSR count). The fraction of sp³-hybridized carbons (Fsp3) is 0.182. The van der Waals surface area contributed by atoms with Crippen LogP contribution in [0.15, 0.2) is 24.3 Å². The van der Waals surface area contributed by atoms with Gasteiger partial charge >= 0.3 is 5.97 Å². The summed E-state index contributed by atoms with van der Waals surface area (Å²) in [5.41, 5.74) is 0.674. The van der Waals surface area contributed by atoms with Crippen LogP contribution in [0.1, 0.15) is 10.4 Å². The van der Waals surface area contributed by atoms with Crippen molar-refractivity contribution in [1.29, 1.82) is 0 Å². The van der Waals surface area contributed by atoms with Crippen LogP contribution in [0.2, 0.25) is 0 Å². The lowest BCUT2D eigenvalue weighted by Gasteiger charge is -2.17. The number of methoxy groups -OCH3 is 1. The fourth-order valence-electron chi connectivity index (χ4n) is 1.24. The van der Waals surface area contributed by atoms with Gasteiger partial charge in [0, 0.05) is 5.69 Å². The molecule has 0 saturated carbocycles. The highest BCUT2D eigenvalue weighted by molar-refractivity contribution is 5.90. The number of aliphatic carboxylic acids is 1. The number of anilines is 1. The van der Waals surface area contributed by atoms with Gasteiger partial charge in [-0.15, -0.1) is 0 Å². The van der Waals surface area contributed by atoms with Gasteiger partial charge in [0.15, 0.2) is 0 Å². The lowest BCUT2D eigenvalue weighted by molar-refractivity contribution is -0.303. The van der Waals surface area contributed by atoms with Crippen molar-refractivity contribution in [2.75, 3.05) is 18.6 Å². The normalized spacial score (nSPS) is 9.47. The first kappa shape index (κ1) is 12.7. The van der Waals surface area contributed by atoms with Gasteiger partial charge in [0.1, 0.15) is 0 Å². The molecule has 6 heteroatoms. The number of amides is 1. The molecule has 0 spiro atoms. The van der Waals surface area contributed by atoms with Crippen LogP contribution in [0.5, 0.6) is 0 Å². The molecular weight excluding hydrogens is 226 g/mol. The predicted octanol–water partition coefficient (Wildman–Crippen LogP) is -0.814. The molecule has 1 amide bonds. The SMILES string of the molecule is COC(=O)c1ccc(N(C=O)CC(=O)[O-])cc1. The summed E-state index contributed by atoms with van der Waals surface area (Å²) >= 11 is 0. The molecule has 0 unspecified atom stereocenters. The summed E-state index contributed by atoms with van der Waals surface area (Å²) in [5, 5.41) is 10.4. The van der Waals surface area contributed by atoms with Gasteiger partial charge in [-0.1, -0.05) is 0 Å². The van der Waals surface area contributed by atoms with E-state index < -0.39 is 18.5 Å². The Kier molecular flexibility index (Phi) is 4.21. The van der Waals surface area contributed by atoms with Gasteiger partial charge in [-0.05, 0) is 24.3 Å². The Morgan fingerprint density at radius 1 is 1.35 bits per heavy atom. The number of carbonyl (C=O) groups is 3. The van der Waals surface area contributed by atoms with E-state index in [0.29, 0.717) is 17.7 Å². The minimum absolute atomic E-state index is 0.315. The van der Waals surface area contributed by atoms with E-state index in [0.717, 1.165) is 4.90 Å². The Balaban J connectivity index is 2.88. The molecule has 0 aliphatic heterocycles. The highest BCUT2D eigenvalue weighted by atomic mass is 16.5. The van der Waals surface area contributed by atoms with Crippen molar-refractivity contribution in [1.82, 2.24) is 0 Å². The zero-order valence-electron chi connectivity index (χ0n) is 9.08. The van der Waals surface area contributed by atoms with Crippen LogP contribution in [0.3, 0.4) is 0 Å². The van der Waals surface area contributed by atoms with Gasteiger partial charge in [0.25, 0.3) is 0 Å². The molecule has 6 nitrogen and oxygen atoms in total. The Hall–Kier alpha value is -2.37. The van der Waals surface area contributed by atoms with E-state index in [1.807, 2.05) is 0 Å². The van der Waals surface area contributed by atoms with Gasteiger partial charge in [0.05, 0.1) is 25.2 Å². The lowest BCUT2D eigenvalue weighted by Crippen LogP contribution is -2.37. The summed E-state index contributed by atoms with van der Waals surface area (Å²) in [6.07, 6.45) is 0.378. The number of carboxylic acid groups (broad SMARTS) is 1. The fourth-order valence-corrected chi connectivity index (χ4v) is 1.24. The maximum Gasteiger partial charge on any atom is 0.337 e. The molecule has 0 aromatic heterocycles. The second-order valence-electron chi connectivity index (χ2n) is 3.14. The molecule has 0 aliphatic rings. The molecule has 1 aromatic carbocycles. The third-order valence-corrected chi connectivity index (χ3v) is 2.05. The summed E-state index contributed by atoms with van der Waals surface area (Å²) in [4.78, 5) is 33.1. The average Bonchev–Trinajstić information content (AvgIpc) is 2.35.